The lowest BCUT2D eigenvalue weighted by Crippen LogP contribution is -2.40. The van der Waals surface area contributed by atoms with Gasteiger partial charge < -0.3 is 10.5 Å². The molecule has 4 rings (SSSR count). The average Bonchev–Trinajstić information content (AvgIpc) is 2.86. The number of sulfone groups is 1. The number of nitrogens with zero attached hydrogens (tertiary/aromatic N) is 1. The molecule has 1 aliphatic carbocycles. The number of fused-ring (bicyclic) bond motifs is 1. The molecule has 10 heteroatoms. The number of halogens is 3. The molecule has 36 heavy (non-hydrogen) atoms. The van der Waals surface area contributed by atoms with Crippen LogP contribution in [0.5, 0.6) is 11.5 Å². The molecule has 0 amide bonds. The summed E-state index contributed by atoms with van der Waals surface area (Å²) in [5.41, 5.74) is 6.36. The number of nitrogens with two attached hydrogens (primary N) is 1. The maximum absolute atomic E-state index is 13.7. The first-order chi connectivity index (χ1) is 17.1. The molecule has 2 aromatic carbocycles. The van der Waals surface area contributed by atoms with Crippen molar-refractivity contribution in [3.8, 4) is 11.5 Å². The third kappa shape index (κ3) is 5.40. The summed E-state index contributed by atoms with van der Waals surface area (Å²) in [7, 11) is -2.18. The van der Waals surface area contributed by atoms with Crippen molar-refractivity contribution < 1.29 is 31.2 Å². The van der Waals surface area contributed by atoms with Gasteiger partial charge in [-0.25, -0.2) is 13.5 Å². The fraction of sp³-hybridized carbons (Fsp3) is 0.231. The fourth-order valence-corrected chi connectivity index (χ4v) is 5.48. The van der Waals surface area contributed by atoms with Gasteiger partial charge in [-0.3, -0.25) is 4.84 Å². The number of hydrogen-bond donors (Lipinski definition) is 1. The summed E-state index contributed by atoms with van der Waals surface area (Å²) < 4.78 is 72.2. The van der Waals surface area contributed by atoms with Crippen LogP contribution in [0.1, 0.15) is 12.0 Å². The second-order valence-corrected chi connectivity index (χ2v) is 10.3. The van der Waals surface area contributed by atoms with Crippen LogP contribution in [0.15, 0.2) is 95.1 Å². The number of hydroxylamine groups is 2. The normalized spacial score (nSPS) is 17.8. The lowest BCUT2D eigenvalue weighted by atomic mass is 9.85. The molecule has 0 fully saturated rings. The Bertz CT molecular complexity index is 1360. The second-order valence-electron chi connectivity index (χ2n) is 8.17. The van der Waals surface area contributed by atoms with Crippen molar-refractivity contribution in [2.75, 3.05) is 19.4 Å². The van der Waals surface area contributed by atoms with Crippen LogP contribution in [0, 0.1) is 0 Å². The molecule has 0 bridgehead atoms. The zero-order valence-corrected chi connectivity index (χ0v) is 20.2. The molecule has 1 unspecified atom stereocenters. The van der Waals surface area contributed by atoms with E-state index in [0.29, 0.717) is 34.6 Å². The minimum atomic E-state index is -4.53. The van der Waals surface area contributed by atoms with E-state index >= 15 is 0 Å². The number of alkyl halides is 3. The van der Waals surface area contributed by atoms with Crippen LogP contribution in [-0.4, -0.2) is 45.1 Å². The van der Waals surface area contributed by atoms with Gasteiger partial charge in [0, 0.05) is 6.20 Å². The minimum Gasteiger partial charge on any atom is -0.457 e. The van der Waals surface area contributed by atoms with Gasteiger partial charge in [-0.05, 0) is 66.1 Å². The van der Waals surface area contributed by atoms with Crippen molar-refractivity contribution in [1.82, 2.24) is 5.06 Å². The molecule has 2 N–H and O–H groups in total. The van der Waals surface area contributed by atoms with Crippen molar-refractivity contribution in [2.24, 2.45) is 5.73 Å². The molecule has 190 valence electrons. The maximum atomic E-state index is 13.7. The summed E-state index contributed by atoms with van der Waals surface area (Å²) in [6.45, 7) is 0.271. The zero-order valence-electron chi connectivity index (χ0n) is 19.4. The third-order valence-electron chi connectivity index (χ3n) is 5.80. The van der Waals surface area contributed by atoms with E-state index in [1.165, 1.54) is 36.6 Å². The first kappa shape index (κ1) is 25.7. The predicted molar refractivity (Wildman–Crippen MR) is 131 cm³/mol. The Labute approximate surface area is 207 Å². The van der Waals surface area contributed by atoms with Crippen LogP contribution in [0.4, 0.5) is 13.2 Å². The number of ether oxygens (including phenoxy) is 1. The Balaban J connectivity index is 1.66. The molecule has 1 atom stereocenters. The number of benzene rings is 2. The van der Waals surface area contributed by atoms with Crippen LogP contribution in [0.3, 0.4) is 0 Å². The SMILES string of the molecule is CON1C=CC(c2cccc(Oc3cccc(S(=O)(=O)CCCN)c3)c2)=C2C=CC=C(C(F)(F)F)C21. The lowest BCUT2D eigenvalue weighted by Gasteiger charge is -2.37. The second kappa shape index (κ2) is 10.3. The zero-order chi connectivity index (χ0) is 25.9. The van der Waals surface area contributed by atoms with Gasteiger partial charge in [0.15, 0.2) is 9.84 Å². The van der Waals surface area contributed by atoms with E-state index < -0.39 is 27.6 Å². The molecular formula is C26H25F3N2O4S. The monoisotopic (exact) mass is 518 g/mol. The van der Waals surface area contributed by atoms with Gasteiger partial charge >= 0.3 is 6.18 Å². The van der Waals surface area contributed by atoms with Crippen LogP contribution in [-0.2, 0) is 14.7 Å². The lowest BCUT2D eigenvalue weighted by molar-refractivity contribution is -0.138. The van der Waals surface area contributed by atoms with Gasteiger partial charge in [-0.1, -0.05) is 36.4 Å². The van der Waals surface area contributed by atoms with E-state index in [2.05, 4.69) is 0 Å². The Morgan fingerprint density at radius 3 is 2.47 bits per heavy atom. The van der Waals surface area contributed by atoms with E-state index in [4.69, 9.17) is 15.3 Å². The van der Waals surface area contributed by atoms with Gasteiger partial charge in [0.1, 0.15) is 17.5 Å². The van der Waals surface area contributed by atoms with Crippen LogP contribution < -0.4 is 10.5 Å². The van der Waals surface area contributed by atoms with Crippen LogP contribution in [0.25, 0.3) is 5.57 Å². The maximum Gasteiger partial charge on any atom is 0.415 e. The molecule has 0 saturated heterocycles. The van der Waals surface area contributed by atoms with Crippen molar-refractivity contribution in [3.63, 3.8) is 0 Å². The average molecular weight is 519 g/mol. The van der Waals surface area contributed by atoms with Crippen molar-refractivity contribution in [1.29, 1.82) is 0 Å². The van der Waals surface area contributed by atoms with E-state index in [1.807, 2.05) is 0 Å². The summed E-state index contributed by atoms with van der Waals surface area (Å²) in [4.78, 5) is 5.32. The first-order valence-corrected chi connectivity index (χ1v) is 12.8. The smallest absolute Gasteiger partial charge is 0.415 e. The highest BCUT2D eigenvalue weighted by molar-refractivity contribution is 7.91. The minimum absolute atomic E-state index is 0.0623. The van der Waals surface area contributed by atoms with Gasteiger partial charge in [0.25, 0.3) is 0 Å². The standard InChI is InChI=1S/C26H25F3N2O4S/c1-34-31-14-12-22(23-10-4-11-24(25(23)31)26(27,28)29)18-6-2-7-19(16-18)35-20-8-3-9-21(17-20)36(32,33)15-5-13-30/h2-4,6-12,14,16-17,25H,5,13,15,30H2,1H3. The molecule has 0 aromatic heterocycles. The quantitative estimate of drug-likeness (QED) is 0.519. The third-order valence-corrected chi connectivity index (χ3v) is 7.59. The van der Waals surface area contributed by atoms with Gasteiger partial charge in [-0.15, -0.1) is 0 Å². The summed E-state index contributed by atoms with van der Waals surface area (Å²) in [6.07, 6.45) is 3.02. The molecule has 0 spiro atoms. The number of allylic oxidation sites excluding steroid dienone is 4. The highest BCUT2D eigenvalue weighted by Crippen LogP contribution is 2.42. The molecule has 0 radical (unpaired) electrons. The molecule has 0 saturated carbocycles. The molecule has 1 aliphatic heterocycles. The molecule has 1 heterocycles. The number of hydrogen-bond acceptors (Lipinski definition) is 6. The van der Waals surface area contributed by atoms with Crippen molar-refractivity contribution >= 4 is 15.4 Å². The summed E-state index contributed by atoms with van der Waals surface area (Å²) >= 11 is 0. The van der Waals surface area contributed by atoms with Gasteiger partial charge in [0.2, 0.25) is 0 Å². The highest BCUT2D eigenvalue weighted by atomic mass is 32.2. The number of rotatable bonds is 8. The van der Waals surface area contributed by atoms with E-state index in [-0.39, 0.29) is 17.2 Å². The largest absolute Gasteiger partial charge is 0.457 e. The first-order valence-electron chi connectivity index (χ1n) is 11.2. The Morgan fingerprint density at radius 2 is 1.78 bits per heavy atom. The highest BCUT2D eigenvalue weighted by Gasteiger charge is 2.44. The van der Waals surface area contributed by atoms with E-state index in [9.17, 15) is 21.6 Å². The van der Waals surface area contributed by atoms with Crippen LogP contribution in [0.2, 0.25) is 0 Å². The Kier molecular flexibility index (Phi) is 7.39. The van der Waals surface area contributed by atoms with Gasteiger partial charge in [-0.2, -0.15) is 13.2 Å². The Morgan fingerprint density at radius 1 is 1.06 bits per heavy atom. The van der Waals surface area contributed by atoms with E-state index in [0.717, 1.165) is 6.08 Å². The molecule has 2 aliphatic rings. The topological polar surface area (TPSA) is 81.9 Å². The molecule has 2 aromatic rings. The predicted octanol–water partition coefficient (Wildman–Crippen LogP) is 5.17. The fourth-order valence-electron chi connectivity index (χ4n) is 4.11. The summed E-state index contributed by atoms with van der Waals surface area (Å²) in [5.74, 6) is 0.663. The van der Waals surface area contributed by atoms with E-state index in [1.54, 1.807) is 48.6 Å². The molecular weight excluding hydrogens is 493 g/mol. The molecule has 6 nitrogen and oxygen atoms in total. The van der Waals surface area contributed by atoms with Gasteiger partial charge in [0.05, 0.1) is 23.3 Å². The summed E-state index contributed by atoms with van der Waals surface area (Å²) in [5, 5.41) is 1.17. The van der Waals surface area contributed by atoms with Crippen molar-refractivity contribution in [3.05, 3.63) is 95.7 Å². The Hall–Kier alpha value is -3.34. The van der Waals surface area contributed by atoms with Crippen molar-refractivity contribution in [2.45, 2.75) is 23.5 Å². The van der Waals surface area contributed by atoms with Crippen LogP contribution >= 0.6 is 0 Å². The summed E-state index contributed by atoms with van der Waals surface area (Å²) in [6, 6.07) is 11.9.